The second kappa shape index (κ2) is 6.62. The number of rotatable bonds is 5. The highest BCUT2D eigenvalue weighted by atomic mass is 19.1. The molecule has 1 N–H and O–H groups in total. The molecule has 1 unspecified atom stereocenters. The maximum absolute atomic E-state index is 14.0. The minimum atomic E-state index is -0.553. The van der Waals surface area contributed by atoms with Crippen molar-refractivity contribution in [3.63, 3.8) is 0 Å². The molecule has 2 rings (SSSR count). The van der Waals surface area contributed by atoms with Crippen molar-refractivity contribution in [2.45, 2.75) is 26.3 Å². The van der Waals surface area contributed by atoms with Gasteiger partial charge in [0, 0.05) is 11.6 Å². The fourth-order valence-corrected chi connectivity index (χ4v) is 2.29. The van der Waals surface area contributed by atoms with E-state index < -0.39 is 11.6 Å². The van der Waals surface area contributed by atoms with Crippen LogP contribution in [0.2, 0.25) is 0 Å². The highest BCUT2D eigenvalue weighted by Gasteiger charge is 2.17. The molecule has 0 amide bonds. The summed E-state index contributed by atoms with van der Waals surface area (Å²) in [6, 6.07) is 11.5. The molecule has 0 fully saturated rings. The largest absolute Gasteiger partial charge is 0.306 e. The summed E-state index contributed by atoms with van der Waals surface area (Å²) < 4.78 is 27.0. The van der Waals surface area contributed by atoms with E-state index in [9.17, 15) is 8.78 Å². The quantitative estimate of drug-likeness (QED) is 0.861. The summed E-state index contributed by atoms with van der Waals surface area (Å²) in [5.74, 6) is -1.07. The van der Waals surface area contributed by atoms with Crippen LogP contribution < -0.4 is 5.32 Å². The standard InChI is InChI=1S/C17H19F2N/c1-3-12-5-7-13(8-6-12)17(20-4-2)15-10-9-14(18)11-16(15)19/h5-11,17,20H,3-4H2,1-2H3. The van der Waals surface area contributed by atoms with Crippen LogP contribution in [0.1, 0.15) is 36.6 Å². The Bertz CT molecular complexity index is 564. The van der Waals surface area contributed by atoms with Crippen LogP contribution in [0.4, 0.5) is 8.78 Å². The smallest absolute Gasteiger partial charge is 0.131 e. The molecule has 3 heteroatoms. The van der Waals surface area contributed by atoms with Crippen LogP contribution in [0.25, 0.3) is 0 Å². The number of aryl methyl sites for hydroxylation is 1. The van der Waals surface area contributed by atoms with E-state index in [-0.39, 0.29) is 6.04 Å². The van der Waals surface area contributed by atoms with Crippen LogP contribution in [0, 0.1) is 11.6 Å². The molecule has 2 aromatic carbocycles. The zero-order valence-electron chi connectivity index (χ0n) is 11.8. The van der Waals surface area contributed by atoms with Crippen LogP contribution in [-0.4, -0.2) is 6.54 Å². The summed E-state index contributed by atoms with van der Waals surface area (Å²) >= 11 is 0. The lowest BCUT2D eigenvalue weighted by Gasteiger charge is -2.20. The normalized spacial score (nSPS) is 12.4. The minimum absolute atomic E-state index is 0.258. The zero-order valence-corrected chi connectivity index (χ0v) is 11.8. The van der Waals surface area contributed by atoms with Gasteiger partial charge in [-0.3, -0.25) is 0 Å². The Labute approximate surface area is 118 Å². The maximum atomic E-state index is 14.0. The molecule has 1 nitrogen and oxygen atoms in total. The van der Waals surface area contributed by atoms with Crippen LogP contribution in [0.15, 0.2) is 42.5 Å². The van der Waals surface area contributed by atoms with Gasteiger partial charge < -0.3 is 5.32 Å². The van der Waals surface area contributed by atoms with Crippen molar-refractivity contribution in [1.29, 1.82) is 0 Å². The van der Waals surface area contributed by atoms with Gasteiger partial charge in [-0.05, 0) is 30.2 Å². The summed E-state index contributed by atoms with van der Waals surface area (Å²) in [5.41, 5.74) is 2.69. The zero-order chi connectivity index (χ0) is 14.5. The molecule has 0 heterocycles. The molecule has 0 bridgehead atoms. The van der Waals surface area contributed by atoms with E-state index >= 15 is 0 Å². The van der Waals surface area contributed by atoms with Gasteiger partial charge in [-0.1, -0.05) is 44.2 Å². The Morgan fingerprint density at radius 1 is 1.00 bits per heavy atom. The first-order valence-electron chi connectivity index (χ1n) is 6.92. The predicted octanol–water partition coefficient (Wildman–Crippen LogP) is 4.23. The number of benzene rings is 2. The van der Waals surface area contributed by atoms with Crippen LogP contribution in [-0.2, 0) is 6.42 Å². The second-order valence-corrected chi connectivity index (χ2v) is 4.75. The van der Waals surface area contributed by atoms with Gasteiger partial charge in [0.15, 0.2) is 0 Å². The van der Waals surface area contributed by atoms with E-state index in [0.29, 0.717) is 12.1 Å². The Kier molecular flexibility index (Phi) is 4.85. The van der Waals surface area contributed by atoms with E-state index in [2.05, 4.69) is 12.2 Å². The summed E-state index contributed by atoms with van der Waals surface area (Å²) in [5, 5.41) is 3.25. The van der Waals surface area contributed by atoms with Crippen molar-refractivity contribution in [2.24, 2.45) is 0 Å². The highest BCUT2D eigenvalue weighted by molar-refractivity contribution is 5.34. The molecule has 0 aliphatic carbocycles. The monoisotopic (exact) mass is 275 g/mol. The molecule has 0 spiro atoms. The lowest BCUT2D eigenvalue weighted by Crippen LogP contribution is -2.23. The van der Waals surface area contributed by atoms with Crippen LogP contribution >= 0.6 is 0 Å². The highest BCUT2D eigenvalue weighted by Crippen LogP contribution is 2.25. The average Bonchev–Trinajstić information content (AvgIpc) is 2.46. The van der Waals surface area contributed by atoms with Gasteiger partial charge in [0.1, 0.15) is 11.6 Å². The SMILES string of the molecule is CCNC(c1ccc(CC)cc1)c1ccc(F)cc1F. The molecule has 0 aliphatic heterocycles. The van der Waals surface area contributed by atoms with E-state index in [1.807, 2.05) is 31.2 Å². The first-order valence-corrected chi connectivity index (χ1v) is 6.92. The molecule has 106 valence electrons. The fraction of sp³-hybridized carbons (Fsp3) is 0.294. The van der Waals surface area contributed by atoms with Gasteiger partial charge in [-0.25, -0.2) is 8.78 Å². The Balaban J connectivity index is 2.38. The molecule has 20 heavy (non-hydrogen) atoms. The first kappa shape index (κ1) is 14.7. The number of halogens is 2. The minimum Gasteiger partial charge on any atom is -0.306 e. The van der Waals surface area contributed by atoms with Crippen molar-refractivity contribution >= 4 is 0 Å². The molecule has 1 atom stereocenters. The van der Waals surface area contributed by atoms with Crippen molar-refractivity contribution in [2.75, 3.05) is 6.54 Å². The Morgan fingerprint density at radius 2 is 1.70 bits per heavy atom. The third-order valence-corrected chi connectivity index (χ3v) is 3.40. The molecular weight excluding hydrogens is 256 g/mol. The van der Waals surface area contributed by atoms with Gasteiger partial charge in [-0.2, -0.15) is 0 Å². The average molecular weight is 275 g/mol. The van der Waals surface area contributed by atoms with Crippen molar-refractivity contribution in [3.8, 4) is 0 Å². The maximum Gasteiger partial charge on any atom is 0.131 e. The molecular formula is C17H19F2N. The van der Waals surface area contributed by atoms with E-state index in [0.717, 1.165) is 18.1 Å². The van der Waals surface area contributed by atoms with Gasteiger partial charge in [-0.15, -0.1) is 0 Å². The van der Waals surface area contributed by atoms with Crippen LogP contribution in [0.3, 0.4) is 0 Å². The molecule has 0 radical (unpaired) electrons. The van der Waals surface area contributed by atoms with Crippen molar-refractivity contribution in [1.82, 2.24) is 5.32 Å². The van der Waals surface area contributed by atoms with Crippen molar-refractivity contribution in [3.05, 3.63) is 70.8 Å². The van der Waals surface area contributed by atoms with E-state index in [1.54, 1.807) is 0 Å². The summed E-state index contributed by atoms with van der Waals surface area (Å²) in [6.45, 7) is 4.77. The van der Waals surface area contributed by atoms with Crippen molar-refractivity contribution < 1.29 is 8.78 Å². The van der Waals surface area contributed by atoms with Gasteiger partial charge >= 0.3 is 0 Å². The Morgan fingerprint density at radius 3 is 2.25 bits per heavy atom. The number of nitrogens with one attached hydrogen (secondary N) is 1. The lowest BCUT2D eigenvalue weighted by atomic mass is 9.96. The first-order chi connectivity index (χ1) is 9.65. The molecule has 0 aromatic heterocycles. The van der Waals surface area contributed by atoms with Gasteiger partial charge in [0.05, 0.1) is 6.04 Å². The van der Waals surface area contributed by atoms with Crippen LogP contribution in [0.5, 0.6) is 0 Å². The fourth-order valence-electron chi connectivity index (χ4n) is 2.29. The topological polar surface area (TPSA) is 12.0 Å². The lowest BCUT2D eigenvalue weighted by molar-refractivity contribution is 0.541. The van der Waals surface area contributed by atoms with E-state index in [1.165, 1.54) is 17.7 Å². The second-order valence-electron chi connectivity index (χ2n) is 4.75. The summed E-state index contributed by atoms with van der Waals surface area (Å²) in [4.78, 5) is 0. The summed E-state index contributed by atoms with van der Waals surface area (Å²) in [7, 11) is 0. The summed E-state index contributed by atoms with van der Waals surface area (Å²) in [6.07, 6.45) is 0.969. The van der Waals surface area contributed by atoms with Gasteiger partial charge in [0.25, 0.3) is 0 Å². The number of hydrogen-bond donors (Lipinski definition) is 1. The molecule has 0 saturated heterocycles. The third kappa shape index (κ3) is 3.23. The molecule has 2 aromatic rings. The predicted molar refractivity (Wildman–Crippen MR) is 77.7 cm³/mol. The van der Waals surface area contributed by atoms with Gasteiger partial charge in [0.2, 0.25) is 0 Å². The molecule has 0 saturated carbocycles. The number of hydrogen-bond acceptors (Lipinski definition) is 1. The Hall–Kier alpha value is -1.74. The molecule has 0 aliphatic rings. The third-order valence-electron chi connectivity index (χ3n) is 3.40. The van der Waals surface area contributed by atoms with E-state index in [4.69, 9.17) is 0 Å².